The Hall–Kier alpha value is -2.13. The van der Waals surface area contributed by atoms with Crippen LogP contribution in [-0.2, 0) is 14.3 Å². The molecule has 2 amide bonds. The average molecular weight is 347 g/mol. The lowest BCUT2D eigenvalue weighted by Gasteiger charge is -2.32. The van der Waals surface area contributed by atoms with Gasteiger partial charge in [-0.25, -0.2) is 0 Å². The minimum Gasteiger partial charge on any atom is -0.382 e. The Balaban J connectivity index is 2.61. The molecule has 134 valence electrons. The van der Waals surface area contributed by atoms with Gasteiger partial charge in [-0.15, -0.1) is 0 Å². The summed E-state index contributed by atoms with van der Waals surface area (Å²) in [5.41, 5.74) is -1.38. The Morgan fingerprint density at radius 3 is 2.00 bits per heavy atom. The normalized spacial score (nSPS) is 13.9. The summed E-state index contributed by atoms with van der Waals surface area (Å²) < 4.78 is 43.6. The zero-order valence-electron chi connectivity index (χ0n) is 13.6. The van der Waals surface area contributed by atoms with Crippen molar-refractivity contribution < 1.29 is 27.5 Å². The average Bonchev–Trinajstić information content (AvgIpc) is 2.46. The van der Waals surface area contributed by atoms with Crippen molar-refractivity contribution in [2.75, 3.05) is 30.9 Å². The van der Waals surface area contributed by atoms with Crippen molar-refractivity contribution in [3.63, 3.8) is 0 Å². The highest BCUT2D eigenvalue weighted by molar-refractivity contribution is 5.93. The van der Waals surface area contributed by atoms with E-state index in [9.17, 15) is 22.8 Å². The quantitative estimate of drug-likeness (QED) is 0.706. The SMILES string of the molecule is COCC(C)(NCC(=O)Nc1ccc(NC(C)=O)cc1)C(F)(F)F. The number of carbonyl (C=O) groups excluding carboxylic acids is 2. The molecule has 0 aliphatic carbocycles. The summed E-state index contributed by atoms with van der Waals surface area (Å²) in [7, 11) is 1.16. The first-order valence-corrected chi connectivity index (χ1v) is 7.05. The molecular weight excluding hydrogens is 327 g/mol. The van der Waals surface area contributed by atoms with Crippen LogP contribution >= 0.6 is 0 Å². The molecule has 1 aromatic carbocycles. The molecule has 0 aliphatic heterocycles. The Bertz CT molecular complexity index is 576. The van der Waals surface area contributed by atoms with Gasteiger partial charge >= 0.3 is 6.18 Å². The standard InChI is InChI=1S/C15H20F3N3O3/c1-10(22)20-11-4-6-12(7-5-11)21-13(23)8-19-14(2,9-24-3)15(16,17)18/h4-7,19H,8-9H2,1-3H3,(H,20,22)(H,21,23). The van der Waals surface area contributed by atoms with Crippen LogP contribution in [0.2, 0.25) is 0 Å². The van der Waals surface area contributed by atoms with Gasteiger partial charge < -0.3 is 15.4 Å². The molecule has 0 radical (unpaired) electrons. The first kappa shape index (κ1) is 19.9. The third-order valence-electron chi connectivity index (χ3n) is 3.19. The van der Waals surface area contributed by atoms with E-state index in [-0.39, 0.29) is 5.91 Å². The predicted molar refractivity (Wildman–Crippen MR) is 83.7 cm³/mol. The van der Waals surface area contributed by atoms with E-state index in [1.165, 1.54) is 19.1 Å². The van der Waals surface area contributed by atoms with Crippen LogP contribution in [0, 0.1) is 0 Å². The second-order valence-corrected chi connectivity index (χ2v) is 5.42. The van der Waals surface area contributed by atoms with Gasteiger partial charge in [0.15, 0.2) is 0 Å². The molecule has 1 aromatic rings. The summed E-state index contributed by atoms with van der Waals surface area (Å²) in [6.45, 7) is 1.13. The highest BCUT2D eigenvalue weighted by Crippen LogP contribution is 2.30. The first-order chi connectivity index (χ1) is 11.1. The van der Waals surface area contributed by atoms with Gasteiger partial charge in [0.2, 0.25) is 11.8 Å². The molecule has 6 nitrogen and oxygen atoms in total. The summed E-state index contributed by atoms with van der Waals surface area (Å²) >= 11 is 0. The number of carbonyl (C=O) groups is 2. The van der Waals surface area contributed by atoms with Gasteiger partial charge in [-0.05, 0) is 31.2 Å². The number of alkyl halides is 3. The fourth-order valence-corrected chi connectivity index (χ4v) is 1.84. The highest BCUT2D eigenvalue weighted by Gasteiger charge is 2.51. The van der Waals surface area contributed by atoms with E-state index in [1.807, 2.05) is 0 Å². The Morgan fingerprint density at radius 2 is 1.58 bits per heavy atom. The predicted octanol–water partition coefficient (Wildman–Crippen LogP) is 2.14. The zero-order valence-corrected chi connectivity index (χ0v) is 13.6. The smallest absolute Gasteiger partial charge is 0.382 e. The van der Waals surface area contributed by atoms with Crippen LogP contribution in [-0.4, -0.2) is 43.8 Å². The maximum absolute atomic E-state index is 13.0. The molecule has 24 heavy (non-hydrogen) atoms. The van der Waals surface area contributed by atoms with Crippen LogP contribution in [0.1, 0.15) is 13.8 Å². The van der Waals surface area contributed by atoms with Crippen molar-refractivity contribution in [3.8, 4) is 0 Å². The maximum atomic E-state index is 13.0. The van der Waals surface area contributed by atoms with Crippen LogP contribution in [0.4, 0.5) is 24.5 Å². The molecule has 0 spiro atoms. The van der Waals surface area contributed by atoms with Crippen molar-refractivity contribution in [3.05, 3.63) is 24.3 Å². The highest BCUT2D eigenvalue weighted by atomic mass is 19.4. The number of rotatable bonds is 7. The Kier molecular flexibility index (Phi) is 6.73. The summed E-state index contributed by atoms with van der Waals surface area (Å²) in [6.07, 6.45) is -4.57. The van der Waals surface area contributed by atoms with Gasteiger partial charge in [0.25, 0.3) is 0 Å². The second kappa shape index (κ2) is 8.11. The van der Waals surface area contributed by atoms with Crippen LogP contribution < -0.4 is 16.0 Å². The van der Waals surface area contributed by atoms with E-state index in [1.54, 1.807) is 12.1 Å². The van der Waals surface area contributed by atoms with Gasteiger partial charge in [0.05, 0.1) is 13.2 Å². The second-order valence-electron chi connectivity index (χ2n) is 5.42. The minimum absolute atomic E-state index is 0.236. The Morgan fingerprint density at radius 1 is 1.08 bits per heavy atom. The van der Waals surface area contributed by atoms with Gasteiger partial charge in [-0.3, -0.25) is 14.9 Å². The summed E-state index contributed by atoms with van der Waals surface area (Å²) in [6, 6.07) is 6.19. The van der Waals surface area contributed by atoms with E-state index in [4.69, 9.17) is 0 Å². The number of nitrogens with one attached hydrogen (secondary N) is 3. The van der Waals surface area contributed by atoms with Crippen LogP contribution in [0.3, 0.4) is 0 Å². The third-order valence-corrected chi connectivity index (χ3v) is 3.19. The topological polar surface area (TPSA) is 79.5 Å². The van der Waals surface area contributed by atoms with Crippen LogP contribution in [0.25, 0.3) is 0 Å². The lowest BCUT2D eigenvalue weighted by molar-refractivity contribution is -0.203. The number of methoxy groups -OCH3 is 1. The molecule has 0 aliphatic rings. The van der Waals surface area contributed by atoms with Gasteiger partial charge in [0.1, 0.15) is 5.54 Å². The van der Waals surface area contributed by atoms with Crippen molar-refractivity contribution in [2.24, 2.45) is 0 Å². The monoisotopic (exact) mass is 347 g/mol. The number of halogens is 3. The van der Waals surface area contributed by atoms with Crippen molar-refractivity contribution in [1.29, 1.82) is 0 Å². The van der Waals surface area contributed by atoms with E-state index >= 15 is 0 Å². The number of benzene rings is 1. The Labute approximate surface area is 137 Å². The number of hydrogen-bond acceptors (Lipinski definition) is 4. The summed E-state index contributed by atoms with van der Waals surface area (Å²) in [5, 5.41) is 7.20. The molecule has 0 heterocycles. The molecular formula is C15H20F3N3O3. The maximum Gasteiger partial charge on any atom is 0.408 e. The van der Waals surface area contributed by atoms with Gasteiger partial charge in [0, 0.05) is 25.4 Å². The molecule has 3 N–H and O–H groups in total. The first-order valence-electron chi connectivity index (χ1n) is 7.05. The molecule has 0 fully saturated rings. The third kappa shape index (κ3) is 5.82. The molecule has 1 unspecified atom stereocenters. The van der Waals surface area contributed by atoms with Crippen molar-refractivity contribution >= 4 is 23.2 Å². The number of anilines is 2. The number of ether oxygens (including phenoxy) is 1. The lowest BCUT2D eigenvalue weighted by Crippen LogP contribution is -2.59. The molecule has 0 saturated carbocycles. The number of amides is 2. The van der Waals surface area contributed by atoms with Crippen LogP contribution in [0.15, 0.2) is 24.3 Å². The van der Waals surface area contributed by atoms with Crippen molar-refractivity contribution in [1.82, 2.24) is 5.32 Å². The largest absolute Gasteiger partial charge is 0.408 e. The zero-order chi connectivity index (χ0) is 18.4. The molecule has 9 heteroatoms. The van der Waals surface area contributed by atoms with E-state index in [0.29, 0.717) is 11.4 Å². The fourth-order valence-electron chi connectivity index (χ4n) is 1.84. The minimum atomic E-state index is -4.57. The van der Waals surface area contributed by atoms with E-state index in [2.05, 4.69) is 20.7 Å². The van der Waals surface area contributed by atoms with Crippen LogP contribution in [0.5, 0.6) is 0 Å². The molecule has 1 atom stereocenters. The van der Waals surface area contributed by atoms with Gasteiger partial charge in [-0.2, -0.15) is 13.2 Å². The lowest BCUT2D eigenvalue weighted by atomic mass is 10.0. The van der Waals surface area contributed by atoms with E-state index in [0.717, 1.165) is 14.0 Å². The summed E-state index contributed by atoms with van der Waals surface area (Å²) in [5.74, 6) is -0.866. The van der Waals surface area contributed by atoms with E-state index < -0.39 is 30.8 Å². The van der Waals surface area contributed by atoms with Crippen molar-refractivity contribution in [2.45, 2.75) is 25.6 Å². The summed E-state index contributed by atoms with van der Waals surface area (Å²) in [4.78, 5) is 22.7. The fraction of sp³-hybridized carbons (Fsp3) is 0.467. The molecule has 0 saturated heterocycles. The molecule has 0 bridgehead atoms. The molecule has 0 aromatic heterocycles. The molecule has 1 rings (SSSR count). The van der Waals surface area contributed by atoms with Gasteiger partial charge in [-0.1, -0.05) is 0 Å². The number of hydrogen-bond donors (Lipinski definition) is 3.